The Morgan fingerprint density at radius 3 is 2.48 bits per heavy atom. The molecule has 140 valence electrons. The van der Waals surface area contributed by atoms with Gasteiger partial charge in [-0.15, -0.1) is 0 Å². The Morgan fingerprint density at radius 1 is 1.04 bits per heavy atom. The summed E-state index contributed by atoms with van der Waals surface area (Å²) < 4.78 is 10.0. The molecule has 0 saturated heterocycles. The van der Waals surface area contributed by atoms with E-state index in [9.17, 15) is 9.59 Å². The van der Waals surface area contributed by atoms with E-state index in [0.29, 0.717) is 21.6 Å². The Labute approximate surface area is 161 Å². The number of hydrogen-bond donors (Lipinski definition) is 2. The minimum Gasteiger partial charge on any atom is -0.461 e. The van der Waals surface area contributed by atoms with Gasteiger partial charge in [-0.3, -0.25) is 5.32 Å². The van der Waals surface area contributed by atoms with Gasteiger partial charge in [0.25, 0.3) is 0 Å². The second-order valence-electron chi connectivity index (χ2n) is 5.71. The molecule has 2 N–H and O–H groups in total. The summed E-state index contributed by atoms with van der Waals surface area (Å²) in [4.78, 5) is 27.3. The Morgan fingerprint density at radius 2 is 1.78 bits per heavy atom. The number of fused-ring (bicyclic) bond motifs is 1. The van der Waals surface area contributed by atoms with Gasteiger partial charge in [0.05, 0.1) is 18.9 Å². The zero-order valence-corrected chi connectivity index (χ0v) is 15.7. The third kappa shape index (κ3) is 4.06. The monoisotopic (exact) mass is 386 g/mol. The maximum atomic E-state index is 12.3. The molecule has 0 fully saturated rings. The second kappa shape index (κ2) is 8.14. The van der Waals surface area contributed by atoms with Crippen LogP contribution in [0.4, 0.5) is 10.5 Å². The van der Waals surface area contributed by atoms with Crippen LogP contribution in [0, 0.1) is 0 Å². The van der Waals surface area contributed by atoms with Crippen LogP contribution in [0.25, 0.3) is 22.0 Å². The van der Waals surface area contributed by atoms with Gasteiger partial charge in [-0.05, 0) is 43.2 Å². The summed E-state index contributed by atoms with van der Waals surface area (Å²) in [5.74, 6) is -0.551. The first-order valence-electron chi connectivity index (χ1n) is 8.56. The molecule has 3 rings (SSSR count). The largest absolute Gasteiger partial charge is 0.461 e. The molecular weight excluding hydrogens is 368 g/mol. The molecule has 1 amide bonds. The van der Waals surface area contributed by atoms with Gasteiger partial charge in [-0.1, -0.05) is 35.9 Å². The summed E-state index contributed by atoms with van der Waals surface area (Å²) in [6.45, 7) is 3.87. The summed E-state index contributed by atoms with van der Waals surface area (Å²) >= 11 is 6.08. The molecule has 0 aliphatic rings. The first-order valence-corrected chi connectivity index (χ1v) is 8.93. The van der Waals surface area contributed by atoms with Crippen molar-refractivity contribution < 1.29 is 19.1 Å². The molecule has 0 unspecified atom stereocenters. The molecular formula is C20H19ClN2O4. The number of halogens is 1. The summed E-state index contributed by atoms with van der Waals surface area (Å²) in [6.07, 6.45) is -0.636. The molecule has 1 aromatic heterocycles. The third-order valence-corrected chi connectivity index (χ3v) is 4.17. The smallest absolute Gasteiger partial charge is 0.411 e. The lowest BCUT2D eigenvalue weighted by Gasteiger charge is -2.07. The minimum atomic E-state index is -0.636. The topological polar surface area (TPSA) is 80.4 Å². The van der Waals surface area contributed by atoms with Crippen molar-refractivity contribution in [3.63, 3.8) is 0 Å². The Balaban J connectivity index is 2.09. The van der Waals surface area contributed by atoms with Crippen LogP contribution in [0.3, 0.4) is 0 Å². The van der Waals surface area contributed by atoms with Crippen LogP contribution in [0.5, 0.6) is 0 Å². The highest BCUT2D eigenvalue weighted by molar-refractivity contribution is 6.30. The average Bonchev–Trinajstić information content (AvgIpc) is 3.00. The lowest BCUT2D eigenvalue weighted by atomic mass is 10.0. The number of aromatic amines is 1. The number of aromatic nitrogens is 1. The number of hydrogen-bond acceptors (Lipinski definition) is 4. The molecule has 27 heavy (non-hydrogen) atoms. The summed E-state index contributed by atoms with van der Waals surface area (Å²) in [5.41, 5.74) is 3.05. The zero-order valence-electron chi connectivity index (χ0n) is 15.0. The lowest BCUT2D eigenvalue weighted by molar-refractivity contribution is 0.0522. The number of rotatable bonds is 5. The number of nitrogens with one attached hydrogen (secondary N) is 2. The molecule has 7 heteroatoms. The number of H-pyrrole nitrogens is 1. The van der Waals surface area contributed by atoms with Crippen molar-refractivity contribution in [1.82, 2.24) is 4.98 Å². The van der Waals surface area contributed by atoms with E-state index >= 15 is 0 Å². The number of carbonyl (C=O) groups is 2. The first-order chi connectivity index (χ1) is 13.0. The third-order valence-electron chi connectivity index (χ3n) is 3.94. The molecule has 1 heterocycles. The maximum absolute atomic E-state index is 12.3. The SMILES string of the molecule is CCOC(=O)Nc1c(C(=O)OCC)[nH]c2cc(-c3cccc(Cl)c3)ccc12. The van der Waals surface area contributed by atoms with Crippen LogP contribution in [-0.2, 0) is 9.47 Å². The molecule has 2 aromatic carbocycles. The number of anilines is 1. The molecule has 0 radical (unpaired) electrons. The summed E-state index contributed by atoms with van der Waals surface area (Å²) in [7, 11) is 0. The molecule has 0 saturated carbocycles. The molecule has 0 aliphatic carbocycles. The average molecular weight is 387 g/mol. The van der Waals surface area contributed by atoms with E-state index in [0.717, 1.165) is 11.1 Å². The summed E-state index contributed by atoms with van der Waals surface area (Å²) in [6, 6.07) is 13.1. The van der Waals surface area contributed by atoms with Gasteiger partial charge in [-0.25, -0.2) is 9.59 Å². The number of esters is 1. The minimum absolute atomic E-state index is 0.170. The van der Waals surface area contributed by atoms with E-state index < -0.39 is 12.1 Å². The van der Waals surface area contributed by atoms with Crippen molar-refractivity contribution in [2.24, 2.45) is 0 Å². The fraction of sp³-hybridized carbons (Fsp3) is 0.200. The fourth-order valence-electron chi connectivity index (χ4n) is 2.80. The van der Waals surface area contributed by atoms with Crippen LogP contribution in [0.1, 0.15) is 24.3 Å². The molecule has 0 spiro atoms. The Kier molecular flexibility index (Phi) is 5.66. The highest BCUT2D eigenvalue weighted by Gasteiger charge is 2.21. The van der Waals surface area contributed by atoms with E-state index in [4.69, 9.17) is 21.1 Å². The molecule has 3 aromatic rings. The Hall–Kier alpha value is -2.99. The van der Waals surface area contributed by atoms with Crippen molar-refractivity contribution in [2.45, 2.75) is 13.8 Å². The lowest BCUT2D eigenvalue weighted by Crippen LogP contribution is -2.16. The highest BCUT2D eigenvalue weighted by atomic mass is 35.5. The molecule has 0 bridgehead atoms. The summed E-state index contributed by atoms with van der Waals surface area (Å²) in [5, 5.41) is 3.94. The maximum Gasteiger partial charge on any atom is 0.411 e. The molecule has 0 aliphatic heterocycles. The number of amides is 1. The van der Waals surface area contributed by atoms with E-state index in [1.807, 2.05) is 36.4 Å². The van der Waals surface area contributed by atoms with E-state index in [1.54, 1.807) is 19.9 Å². The van der Waals surface area contributed by atoms with Crippen molar-refractivity contribution in [3.05, 3.63) is 53.2 Å². The number of benzene rings is 2. The van der Waals surface area contributed by atoms with Crippen LogP contribution in [0.15, 0.2) is 42.5 Å². The van der Waals surface area contributed by atoms with E-state index in [-0.39, 0.29) is 18.9 Å². The standard InChI is InChI=1S/C20H19ClN2O4/c1-3-26-19(24)18-17(23-20(25)27-4-2)15-9-8-13(11-16(15)22-18)12-6-5-7-14(21)10-12/h5-11,22H,3-4H2,1-2H3,(H,23,25). The van der Waals surface area contributed by atoms with Crippen LogP contribution >= 0.6 is 11.6 Å². The molecule has 0 atom stereocenters. The Bertz CT molecular complexity index is 997. The normalized spacial score (nSPS) is 10.6. The number of carbonyl (C=O) groups excluding carboxylic acids is 2. The first kappa shape index (κ1) is 18.8. The van der Waals surface area contributed by atoms with Gasteiger partial charge in [-0.2, -0.15) is 0 Å². The quantitative estimate of drug-likeness (QED) is 0.588. The van der Waals surface area contributed by atoms with Gasteiger partial charge in [0.15, 0.2) is 0 Å². The van der Waals surface area contributed by atoms with Crippen LogP contribution < -0.4 is 5.32 Å². The van der Waals surface area contributed by atoms with E-state index in [1.165, 1.54) is 0 Å². The predicted molar refractivity (Wildman–Crippen MR) is 105 cm³/mol. The van der Waals surface area contributed by atoms with Crippen molar-refractivity contribution in [2.75, 3.05) is 18.5 Å². The van der Waals surface area contributed by atoms with Crippen molar-refractivity contribution in [3.8, 4) is 11.1 Å². The highest BCUT2D eigenvalue weighted by Crippen LogP contribution is 2.32. The zero-order chi connectivity index (χ0) is 19.4. The van der Waals surface area contributed by atoms with Crippen LogP contribution in [-0.4, -0.2) is 30.3 Å². The van der Waals surface area contributed by atoms with Gasteiger partial charge in [0.2, 0.25) is 0 Å². The molecule has 6 nitrogen and oxygen atoms in total. The predicted octanol–water partition coefficient (Wildman–Crippen LogP) is 5.23. The number of ether oxygens (including phenoxy) is 2. The second-order valence-corrected chi connectivity index (χ2v) is 6.15. The van der Waals surface area contributed by atoms with Crippen molar-refractivity contribution in [1.29, 1.82) is 0 Å². The van der Waals surface area contributed by atoms with Crippen LogP contribution in [0.2, 0.25) is 5.02 Å². The fourth-order valence-corrected chi connectivity index (χ4v) is 2.99. The van der Waals surface area contributed by atoms with E-state index in [2.05, 4.69) is 10.3 Å². The van der Waals surface area contributed by atoms with Gasteiger partial charge < -0.3 is 14.5 Å². The van der Waals surface area contributed by atoms with Crippen molar-refractivity contribution >= 4 is 40.3 Å². The van der Waals surface area contributed by atoms with Gasteiger partial charge >= 0.3 is 12.1 Å². The van der Waals surface area contributed by atoms with Gasteiger partial charge in [0, 0.05) is 15.9 Å². The van der Waals surface area contributed by atoms with Gasteiger partial charge in [0.1, 0.15) is 5.69 Å².